The predicted molar refractivity (Wildman–Crippen MR) is 33.7 cm³/mol. The molecule has 0 radical (unpaired) electrons. The molecule has 0 aliphatic carbocycles. The topological polar surface area (TPSA) is 9.23 Å². The Morgan fingerprint density at radius 3 is 2.88 bits per heavy atom. The van der Waals surface area contributed by atoms with E-state index in [2.05, 4.69) is 6.58 Å². The quantitative estimate of drug-likeness (QED) is 0.468. The first-order chi connectivity index (χ1) is 3.93. The van der Waals surface area contributed by atoms with E-state index in [0.717, 1.165) is 13.2 Å². The summed E-state index contributed by atoms with van der Waals surface area (Å²) in [4.78, 5) is 0. The summed E-state index contributed by atoms with van der Waals surface area (Å²) >= 11 is 0. The van der Waals surface area contributed by atoms with Crippen LogP contribution in [-0.2, 0) is 4.74 Å². The van der Waals surface area contributed by atoms with Crippen molar-refractivity contribution in [3.63, 3.8) is 0 Å². The normalized spacial score (nSPS) is 29.8. The van der Waals surface area contributed by atoms with Crippen molar-refractivity contribution in [2.75, 3.05) is 13.2 Å². The minimum absolute atomic E-state index is 0.628. The molecule has 0 N–H and O–H groups in total. The van der Waals surface area contributed by atoms with Gasteiger partial charge < -0.3 is 4.74 Å². The van der Waals surface area contributed by atoms with Crippen molar-refractivity contribution in [3.8, 4) is 0 Å². The molecule has 46 valence electrons. The lowest BCUT2D eigenvalue weighted by Gasteiger charge is -2.17. The lowest BCUT2D eigenvalue weighted by molar-refractivity contribution is 0.0711. The van der Waals surface area contributed by atoms with Crippen LogP contribution < -0.4 is 0 Å². The Kier molecular flexibility index (Phi) is 2.10. The fourth-order valence-electron chi connectivity index (χ4n) is 0.952. The van der Waals surface area contributed by atoms with Gasteiger partial charge in [-0.15, -0.1) is 6.58 Å². The minimum Gasteiger partial charge on any atom is -0.381 e. The number of hydrogen-bond donors (Lipinski definition) is 0. The molecule has 1 atom stereocenters. The average Bonchev–Trinajstić information content (AvgIpc) is 1.90. The molecule has 1 aliphatic heterocycles. The second kappa shape index (κ2) is 2.88. The van der Waals surface area contributed by atoms with E-state index in [-0.39, 0.29) is 0 Å². The highest BCUT2D eigenvalue weighted by Crippen LogP contribution is 2.13. The van der Waals surface area contributed by atoms with Crippen LogP contribution in [0.3, 0.4) is 0 Å². The van der Waals surface area contributed by atoms with Gasteiger partial charge in [-0.2, -0.15) is 0 Å². The van der Waals surface area contributed by atoms with Gasteiger partial charge in [-0.05, 0) is 12.8 Å². The zero-order valence-electron chi connectivity index (χ0n) is 5.10. The molecule has 1 heteroatoms. The first-order valence-corrected chi connectivity index (χ1v) is 3.14. The number of ether oxygens (including phenoxy) is 1. The lowest BCUT2D eigenvalue weighted by Crippen LogP contribution is -2.14. The maximum absolute atomic E-state index is 5.20. The van der Waals surface area contributed by atoms with Crippen LogP contribution in [-0.4, -0.2) is 13.2 Å². The second-order valence-electron chi connectivity index (χ2n) is 2.21. The van der Waals surface area contributed by atoms with E-state index in [1.54, 1.807) is 0 Å². The summed E-state index contributed by atoms with van der Waals surface area (Å²) in [7, 11) is 0. The molecule has 0 aromatic heterocycles. The molecule has 0 aromatic carbocycles. The van der Waals surface area contributed by atoms with Gasteiger partial charge in [0.2, 0.25) is 0 Å². The van der Waals surface area contributed by atoms with Gasteiger partial charge >= 0.3 is 0 Å². The van der Waals surface area contributed by atoms with E-state index in [1.807, 2.05) is 6.08 Å². The van der Waals surface area contributed by atoms with Crippen LogP contribution in [0.5, 0.6) is 0 Å². The SMILES string of the molecule is C=CC1CCCOC1. The summed E-state index contributed by atoms with van der Waals surface area (Å²) in [6.07, 6.45) is 4.46. The number of rotatable bonds is 1. The van der Waals surface area contributed by atoms with Gasteiger partial charge in [0, 0.05) is 12.5 Å². The van der Waals surface area contributed by atoms with Gasteiger partial charge in [0.05, 0.1) is 6.61 Å². The molecule has 1 nitrogen and oxygen atoms in total. The first kappa shape index (κ1) is 5.83. The fourth-order valence-corrected chi connectivity index (χ4v) is 0.952. The summed E-state index contributed by atoms with van der Waals surface area (Å²) in [6.45, 7) is 5.55. The third-order valence-electron chi connectivity index (χ3n) is 1.53. The zero-order chi connectivity index (χ0) is 5.82. The molecule has 0 spiro atoms. The van der Waals surface area contributed by atoms with Crippen molar-refractivity contribution in [3.05, 3.63) is 12.7 Å². The Bertz CT molecular complexity index is 72.5. The molecule has 1 unspecified atom stereocenters. The summed E-state index contributed by atoms with van der Waals surface area (Å²) in [6, 6.07) is 0. The highest BCUT2D eigenvalue weighted by molar-refractivity contribution is 4.80. The predicted octanol–water partition coefficient (Wildman–Crippen LogP) is 1.60. The van der Waals surface area contributed by atoms with Crippen LogP contribution in [0.4, 0.5) is 0 Å². The van der Waals surface area contributed by atoms with E-state index >= 15 is 0 Å². The molecular weight excluding hydrogens is 100 g/mol. The summed E-state index contributed by atoms with van der Waals surface area (Å²) < 4.78 is 5.20. The van der Waals surface area contributed by atoms with Crippen LogP contribution in [0, 0.1) is 5.92 Å². The Morgan fingerprint density at radius 2 is 2.50 bits per heavy atom. The average molecular weight is 112 g/mol. The molecular formula is C7H12O. The highest BCUT2D eigenvalue weighted by atomic mass is 16.5. The molecule has 1 saturated heterocycles. The maximum atomic E-state index is 5.20. The zero-order valence-corrected chi connectivity index (χ0v) is 5.10. The van der Waals surface area contributed by atoms with E-state index in [4.69, 9.17) is 4.74 Å². The largest absolute Gasteiger partial charge is 0.381 e. The van der Waals surface area contributed by atoms with Crippen molar-refractivity contribution in [2.24, 2.45) is 5.92 Å². The summed E-state index contributed by atoms with van der Waals surface area (Å²) in [5, 5.41) is 0. The van der Waals surface area contributed by atoms with Gasteiger partial charge in [0.1, 0.15) is 0 Å². The van der Waals surface area contributed by atoms with E-state index in [0.29, 0.717) is 5.92 Å². The van der Waals surface area contributed by atoms with Gasteiger partial charge in [-0.1, -0.05) is 6.08 Å². The Balaban J connectivity index is 2.22. The van der Waals surface area contributed by atoms with Crippen molar-refractivity contribution in [1.82, 2.24) is 0 Å². The van der Waals surface area contributed by atoms with Crippen LogP contribution in [0.15, 0.2) is 12.7 Å². The lowest BCUT2D eigenvalue weighted by atomic mass is 10.0. The van der Waals surface area contributed by atoms with Crippen molar-refractivity contribution in [2.45, 2.75) is 12.8 Å². The fraction of sp³-hybridized carbons (Fsp3) is 0.714. The summed E-state index contributed by atoms with van der Waals surface area (Å²) in [5.41, 5.74) is 0. The monoisotopic (exact) mass is 112 g/mol. The smallest absolute Gasteiger partial charge is 0.0528 e. The third-order valence-corrected chi connectivity index (χ3v) is 1.53. The van der Waals surface area contributed by atoms with E-state index < -0.39 is 0 Å². The highest BCUT2D eigenvalue weighted by Gasteiger charge is 2.08. The van der Waals surface area contributed by atoms with Gasteiger partial charge in [-0.3, -0.25) is 0 Å². The molecule has 8 heavy (non-hydrogen) atoms. The van der Waals surface area contributed by atoms with Gasteiger partial charge in [0.15, 0.2) is 0 Å². The molecule has 1 rings (SSSR count). The van der Waals surface area contributed by atoms with E-state index in [1.165, 1.54) is 12.8 Å². The number of hydrogen-bond acceptors (Lipinski definition) is 1. The van der Waals surface area contributed by atoms with Crippen LogP contribution in [0.1, 0.15) is 12.8 Å². The van der Waals surface area contributed by atoms with E-state index in [9.17, 15) is 0 Å². The van der Waals surface area contributed by atoms with Crippen molar-refractivity contribution in [1.29, 1.82) is 0 Å². The molecule has 1 fully saturated rings. The van der Waals surface area contributed by atoms with Crippen LogP contribution in [0.2, 0.25) is 0 Å². The minimum atomic E-state index is 0.628. The molecule has 0 aromatic rings. The Hall–Kier alpha value is -0.300. The standard InChI is InChI=1S/C7H12O/c1-2-7-4-3-5-8-6-7/h2,7H,1,3-6H2. The van der Waals surface area contributed by atoms with Crippen LogP contribution in [0.25, 0.3) is 0 Å². The van der Waals surface area contributed by atoms with Gasteiger partial charge in [-0.25, -0.2) is 0 Å². The molecule has 0 saturated carbocycles. The van der Waals surface area contributed by atoms with Gasteiger partial charge in [0.25, 0.3) is 0 Å². The third kappa shape index (κ3) is 1.34. The van der Waals surface area contributed by atoms with Crippen LogP contribution >= 0.6 is 0 Å². The van der Waals surface area contributed by atoms with Crippen molar-refractivity contribution >= 4 is 0 Å². The Morgan fingerprint density at radius 1 is 1.62 bits per heavy atom. The summed E-state index contributed by atoms with van der Waals surface area (Å²) in [5.74, 6) is 0.628. The molecule has 1 aliphatic rings. The maximum Gasteiger partial charge on any atom is 0.0528 e. The van der Waals surface area contributed by atoms with Crippen molar-refractivity contribution < 1.29 is 4.74 Å². The second-order valence-corrected chi connectivity index (χ2v) is 2.21. The first-order valence-electron chi connectivity index (χ1n) is 3.14. The Labute approximate surface area is 50.3 Å². The molecule has 0 bridgehead atoms. The molecule has 0 amide bonds. The molecule has 1 heterocycles.